The van der Waals surface area contributed by atoms with Crippen molar-refractivity contribution in [1.29, 1.82) is 0 Å². The number of unbranched alkanes of at least 4 members (excludes halogenated alkanes) is 1. The molecule has 0 bridgehead atoms. The molecule has 1 aromatic carbocycles. The molecule has 0 saturated carbocycles. The van der Waals surface area contributed by atoms with Crippen molar-refractivity contribution in [2.24, 2.45) is 0 Å². The third-order valence-electron chi connectivity index (χ3n) is 3.54. The molecule has 0 atom stereocenters. The van der Waals surface area contributed by atoms with Crippen LogP contribution in [0.3, 0.4) is 0 Å². The average molecular weight is 368 g/mol. The van der Waals surface area contributed by atoms with Crippen molar-refractivity contribution in [2.45, 2.75) is 19.8 Å². The minimum absolute atomic E-state index is 0.122. The average Bonchev–Trinajstić information content (AvgIpc) is 2.55. The van der Waals surface area contributed by atoms with E-state index in [0.29, 0.717) is 34.3 Å². The Morgan fingerprint density at radius 2 is 2.08 bits per heavy atom. The van der Waals surface area contributed by atoms with Crippen LogP contribution >= 0.6 is 23.2 Å². The molecule has 24 heavy (non-hydrogen) atoms. The number of benzene rings is 1. The Kier molecular flexibility index (Phi) is 6.88. The normalized spacial score (nSPS) is 13.6. The summed E-state index contributed by atoms with van der Waals surface area (Å²) in [5.41, 5.74) is 0.944. The molecule has 4 nitrogen and oxygen atoms in total. The van der Waals surface area contributed by atoms with Crippen LogP contribution in [-0.4, -0.2) is 36.3 Å². The molecule has 2 rings (SSSR count). The van der Waals surface area contributed by atoms with Crippen molar-refractivity contribution in [3.8, 4) is 0 Å². The smallest absolute Gasteiger partial charge is 0.335 e. The topological polar surface area (TPSA) is 46.6 Å². The summed E-state index contributed by atoms with van der Waals surface area (Å²) in [6.45, 7) is 2.90. The van der Waals surface area contributed by atoms with Gasteiger partial charge in [-0.1, -0.05) is 36.5 Å². The number of carbonyl (C=O) groups excluding carboxylic acids is 2. The zero-order chi connectivity index (χ0) is 17.5. The van der Waals surface area contributed by atoms with Crippen molar-refractivity contribution in [3.63, 3.8) is 0 Å². The van der Waals surface area contributed by atoms with E-state index >= 15 is 0 Å². The van der Waals surface area contributed by atoms with E-state index in [2.05, 4.69) is 0 Å². The van der Waals surface area contributed by atoms with Crippen LogP contribution in [0.25, 0.3) is 0 Å². The predicted molar refractivity (Wildman–Crippen MR) is 95.5 cm³/mol. The Morgan fingerprint density at radius 3 is 2.79 bits per heavy atom. The number of halogens is 2. The minimum Gasteiger partial charge on any atom is -0.462 e. The van der Waals surface area contributed by atoms with Crippen LogP contribution in [-0.2, 0) is 9.53 Å². The zero-order valence-corrected chi connectivity index (χ0v) is 14.9. The molecule has 0 amide bonds. The summed E-state index contributed by atoms with van der Waals surface area (Å²) >= 11 is 11.9. The van der Waals surface area contributed by atoms with E-state index in [-0.39, 0.29) is 18.3 Å². The molecule has 0 saturated heterocycles. The molecule has 0 spiro atoms. The second kappa shape index (κ2) is 8.90. The first-order valence-corrected chi connectivity index (χ1v) is 8.53. The molecule has 0 radical (unpaired) electrons. The quantitative estimate of drug-likeness (QED) is 0.410. The number of hydrogen-bond acceptors (Lipinski definition) is 4. The van der Waals surface area contributed by atoms with Crippen LogP contribution in [0.5, 0.6) is 0 Å². The minimum atomic E-state index is -0.338. The van der Waals surface area contributed by atoms with Crippen LogP contribution in [0, 0.1) is 0 Å². The molecule has 0 fully saturated rings. The van der Waals surface area contributed by atoms with Crippen molar-refractivity contribution >= 4 is 35.0 Å². The molecule has 0 N–H and O–H groups in total. The lowest BCUT2D eigenvalue weighted by atomic mass is 10.1. The van der Waals surface area contributed by atoms with Gasteiger partial charge in [-0.2, -0.15) is 0 Å². The van der Waals surface area contributed by atoms with Crippen molar-refractivity contribution < 1.29 is 14.3 Å². The molecule has 1 aliphatic heterocycles. The third-order valence-corrected chi connectivity index (χ3v) is 4.09. The molecule has 6 heteroatoms. The van der Waals surface area contributed by atoms with Crippen LogP contribution in [0.2, 0.25) is 10.0 Å². The summed E-state index contributed by atoms with van der Waals surface area (Å²) in [5, 5.41) is 0.803. The van der Waals surface area contributed by atoms with Gasteiger partial charge in [0.15, 0.2) is 5.78 Å². The van der Waals surface area contributed by atoms with Gasteiger partial charge in [-0.15, -0.1) is 0 Å². The number of Topliss-reactive ketones (excluding diaryl/α,β-unsaturated/α-hetero) is 1. The van der Waals surface area contributed by atoms with Gasteiger partial charge >= 0.3 is 5.97 Å². The van der Waals surface area contributed by atoms with Crippen molar-refractivity contribution in [3.05, 3.63) is 57.7 Å². The number of allylic oxidation sites excluding steroid dienone is 2. The number of ether oxygens (including phenoxy) is 1. The van der Waals surface area contributed by atoms with Crippen LogP contribution in [0.15, 0.2) is 42.1 Å². The van der Waals surface area contributed by atoms with Gasteiger partial charge < -0.3 is 9.64 Å². The molecule has 1 heterocycles. The van der Waals surface area contributed by atoms with E-state index in [1.807, 2.05) is 6.92 Å². The number of nitrogens with zero attached hydrogens (tertiary/aromatic N) is 1. The van der Waals surface area contributed by atoms with E-state index in [1.54, 1.807) is 41.5 Å². The third kappa shape index (κ3) is 5.11. The number of rotatable bonds is 7. The summed E-state index contributed by atoms with van der Waals surface area (Å²) in [6.07, 6.45) is 7.02. The van der Waals surface area contributed by atoms with Crippen molar-refractivity contribution in [1.82, 2.24) is 4.90 Å². The Hall–Kier alpha value is -1.78. The van der Waals surface area contributed by atoms with Gasteiger partial charge in [0.25, 0.3) is 0 Å². The largest absolute Gasteiger partial charge is 0.462 e. The lowest BCUT2D eigenvalue weighted by molar-refractivity contribution is -0.139. The second-order valence-corrected chi connectivity index (χ2v) is 6.32. The van der Waals surface area contributed by atoms with E-state index in [0.717, 1.165) is 12.8 Å². The molecule has 1 aliphatic rings. The first kappa shape index (κ1) is 18.6. The highest BCUT2D eigenvalue weighted by molar-refractivity contribution is 6.36. The van der Waals surface area contributed by atoms with Crippen LogP contribution in [0.4, 0.5) is 0 Å². The Balaban J connectivity index is 1.94. The summed E-state index contributed by atoms with van der Waals surface area (Å²) in [5.74, 6) is -0.475. The summed E-state index contributed by atoms with van der Waals surface area (Å²) in [7, 11) is 0. The summed E-state index contributed by atoms with van der Waals surface area (Å²) < 4.78 is 5.20. The van der Waals surface area contributed by atoms with Gasteiger partial charge in [0.2, 0.25) is 0 Å². The highest BCUT2D eigenvalue weighted by atomic mass is 35.5. The lowest BCUT2D eigenvalue weighted by Gasteiger charge is -2.23. The first-order valence-electron chi connectivity index (χ1n) is 7.78. The number of ketones is 1. The highest BCUT2D eigenvalue weighted by Crippen LogP contribution is 2.22. The molecule has 0 aromatic heterocycles. The molecule has 0 aliphatic carbocycles. The monoisotopic (exact) mass is 367 g/mol. The van der Waals surface area contributed by atoms with Crippen LogP contribution in [0.1, 0.15) is 30.1 Å². The first-order chi connectivity index (χ1) is 11.5. The van der Waals surface area contributed by atoms with E-state index < -0.39 is 0 Å². The second-order valence-electron chi connectivity index (χ2n) is 5.48. The number of carbonyl (C=O) groups is 2. The SMILES string of the molecule is CCCCOC(=O)C1=CC=CN(CC(=O)c2ccc(Cl)cc2Cl)C1. The summed E-state index contributed by atoms with van der Waals surface area (Å²) in [6, 6.07) is 4.78. The van der Waals surface area contributed by atoms with E-state index in [4.69, 9.17) is 27.9 Å². The molecule has 1 aromatic rings. The Labute approximate surface area is 151 Å². The summed E-state index contributed by atoms with van der Waals surface area (Å²) in [4.78, 5) is 26.1. The number of hydrogen-bond donors (Lipinski definition) is 0. The standard InChI is InChI=1S/C18H19Cl2NO3/c1-2-3-9-24-18(23)13-5-4-8-21(11-13)12-17(22)15-7-6-14(19)10-16(15)20/h4-8,10H,2-3,9,11-12H2,1H3. The Bertz CT molecular complexity index is 683. The number of esters is 1. The maximum Gasteiger partial charge on any atom is 0.335 e. The van der Waals surface area contributed by atoms with Crippen molar-refractivity contribution in [2.75, 3.05) is 19.7 Å². The van der Waals surface area contributed by atoms with Gasteiger partial charge in [0.05, 0.1) is 30.3 Å². The Morgan fingerprint density at radius 1 is 1.29 bits per heavy atom. The molecular formula is C18H19Cl2NO3. The predicted octanol–water partition coefficient (Wildman–Crippen LogP) is 4.28. The maximum absolute atomic E-state index is 12.4. The molecular weight excluding hydrogens is 349 g/mol. The maximum atomic E-state index is 12.4. The fraction of sp³-hybridized carbons (Fsp3) is 0.333. The van der Waals surface area contributed by atoms with Crippen LogP contribution < -0.4 is 0 Å². The van der Waals surface area contributed by atoms with Gasteiger partial charge in [-0.3, -0.25) is 4.79 Å². The van der Waals surface area contributed by atoms with Gasteiger partial charge in [-0.05, 0) is 43.0 Å². The highest BCUT2D eigenvalue weighted by Gasteiger charge is 2.19. The molecule has 128 valence electrons. The van der Waals surface area contributed by atoms with E-state index in [1.165, 1.54) is 0 Å². The fourth-order valence-corrected chi connectivity index (χ4v) is 2.75. The van der Waals surface area contributed by atoms with Gasteiger partial charge in [-0.25, -0.2) is 4.79 Å². The lowest BCUT2D eigenvalue weighted by Crippen LogP contribution is -2.31. The molecule has 0 unspecified atom stereocenters. The fourth-order valence-electron chi connectivity index (χ4n) is 2.23. The van der Waals surface area contributed by atoms with E-state index in [9.17, 15) is 9.59 Å². The van der Waals surface area contributed by atoms with Gasteiger partial charge in [0.1, 0.15) is 0 Å². The van der Waals surface area contributed by atoms with Gasteiger partial charge in [0, 0.05) is 10.6 Å². The zero-order valence-electron chi connectivity index (χ0n) is 13.4.